The van der Waals surface area contributed by atoms with Gasteiger partial charge in [0, 0.05) is 19.7 Å². The minimum Gasteiger partial charge on any atom is -0.378 e. The van der Waals surface area contributed by atoms with Gasteiger partial charge in [0.2, 0.25) is 0 Å². The second-order valence-corrected chi connectivity index (χ2v) is 4.83. The normalized spacial score (nSPS) is 16.9. The summed E-state index contributed by atoms with van der Waals surface area (Å²) in [5.74, 6) is 0.0237. The summed E-state index contributed by atoms with van der Waals surface area (Å²) < 4.78 is 5.58. The van der Waals surface area contributed by atoms with Crippen molar-refractivity contribution >= 4 is 17.5 Å². The van der Waals surface area contributed by atoms with E-state index in [1.165, 1.54) is 0 Å². The van der Waals surface area contributed by atoms with E-state index in [0.717, 1.165) is 32.5 Å². The molecule has 0 aromatic heterocycles. The standard InChI is InChI=1S/C14H18ClNO2/c1-2-18-11-7-9-16(10-8-11)14(17)12-5-3-4-6-13(12)15/h3-6,11H,2,7-10H2,1H3. The monoisotopic (exact) mass is 267 g/mol. The molecule has 0 aliphatic carbocycles. The Kier molecular flexibility index (Phi) is 4.61. The molecule has 0 bridgehead atoms. The first kappa shape index (κ1) is 13.4. The van der Waals surface area contributed by atoms with Crippen LogP contribution in [0, 0.1) is 0 Å². The molecular formula is C14H18ClNO2. The average molecular weight is 268 g/mol. The summed E-state index contributed by atoms with van der Waals surface area (Å²) in [5, 5.41) is 0.523. The maximum Gasteiger partial charge on any atom is 0.255 e. The number of piperidine rings is 1. The number of benzene rings is 1. The Balaban J connectivity index is 1.98. The third-order valence-corrected chi connectivity index (χ3v) is 3.57. The van der Waals surface area contributed by atoms with Crippen LogP contribution in [0.1, 0.15) is 30.1 Å². The molecule has 1 aromatic rings. The molecule has 1 aliphatic heterocycles. The summed E-state index contributed by atoms with van der Waals surface area (Å²) in [6.07, 6.45) is 2.11. The number of amides is 1. The summed E-state index contributed by atoms with van der Waals surface area (Å²) in [6, 6.07) is 7.20. The summed E-state index contributed by atoms with van der Waals surface area (Å²) in [7, 11) is 0. The third kappa shape index (κ3) is 3.03. The number of carbonyl (C=O) groups excluding carboxylic acids is 1. The van der Waals surface area contributed by atoms with Gasteiger partial charge in [-0.05, 0) is 31.9 Å². The van der Waals surface area contributed by atoms with Gasteiger partial charge in [-0.1, -0.05) is 23.7 Å². The minimum absolute atomic E-state index is 0.0237. The van der Waals surface area contributed by atoms with Crippen LogP contribution >= 0.6 is 11.6 Å². The van der Waals surface area contributed by atoms with Crippen LogP contribution in [0.25, 0.3) is 0 Å². The molecule has 1 amide bonds. The number of halogens is 1. The van der Waals surface area contributed by atoms with Crippen LogP contribution in [-0.4, -0.2) is 36.6 Å². The lowest BCUT2D eigenvalue weighted by molar-refractivity contribution is 0.0146. The molecule has 0 N–H and O–H groups in total. The lowest BCUT2D eigenvalue weighted by Gasteiger charge is -2.32. The molecule has 1 aliphatic rings. The van der Waals surface area contributed by atoms with E-state index in [2.05, 4.69) is 0 Å². The van der Waals surface area contributed by atoms with Crippen molar-refractivity contribution in [3.05, 3.63) is 34.9 Å². The summed E-state index contributed by atoms with van der Waals surface area (Å²) >= 11 is 6.04. The van der Waals surface area contributed by atoms with Crippen LogP contribution in [0.5, 0.6) is 0 Å². The van der Waals surface area contributed by atoms with E-state index < -0.39 is 0 Å². The zero-order valence-corrected chi connectivity index (χ0v) is 11.3. The Morgan fingerprint density at radius 1 is 1.39 bits per heavy atom. The minimum atomic E-state index is 0.0237. The molecule has 4 heteroatoms. The Morgan fingerprint density at radius 3 is 2.67 bits per heavy atom. The fourth-order valence-corrected chi connectivity index (χ4v) is 2.48. The van der Waals surface area contributed by atoms with Gasteiger partial charge in [-0.2, -0.15) is 0 Å². The predicted octanol–water partition coefficient (Wildman–Crippen LogP) is 2.98. The van der Waals surface area contributed by atoms with Gasteiger partial charge in [-0.25, -0.2) is 0 Å². The van der Waals surface area contributed by atoms with Gasteiger partial charge in [0.15, 0.2) is 0 Å². The number of ether oxygens (including phenoxy) is 1. The largest absolute Gasteiger partial charge is 0.378 e. The Hall–Kier alpha value is -1.06. The number of likely N-dealkylation sites (tertiary alicyclic amines) is 1. The zero-order valence-electron chi connectivity index (χ0n) is 10.6. The van der Waals surface area contributed by atoms with Gasteiger partial charge in [0.25, 0.3) is 5.91 Å². The lowest BCUT2D eigenvalue weighted by atomic mass is 10.1. The fourth-order valence-electron chi connectivity index (χ4n) is 2.27. The summed E-state index contributed by atoms with van der Waals surface area (Å²) in [5.41, 5.74) is 0.592. The molecule has 1 saturated heterocycles. The van der Waals surface area contributed by atoms with E-state index in [1.807, 2.05) is 24.0 Å². The quantitative estimate of drug-likeness (QED) is 0.843. The van der Waals surface area contributed by atoms with Crippen molar-refractivity contribution in [3.63, 3.8) is 0 Å². The highest BCUT2D eigenvalue weighted by Gasteiger charge is 2.24. The van der Waals surface area contributed by atoms with E-state index in [0.29, 0.717) is 16.7 Å². The Labute approximate surface area is 113 Å². The number of nitrogens with zero attached hydrogens (tertiary/aromatic N) is 1. The van der Waals surface area contributed by atoms with Crippen LogP contribution in [0.15, 0.2) is 24.3 Å². The molecule has 0 saturated carbocycles. The van der Waals surface area contributed by atoms with E-state index in [9.17, 15) is 4.79 Å². The van der Waals surface area contributed by atoms with E-state index in [1.54, 1.807) is 12.1 Å². The van der Waals surface area contributed by atoms with Gasteiger partial charge in [0.05, 0.1) is 16.7 Å². The molecule has 3 nitrogen and oxygen atoms in total. The smallest absolute Gasteiger partial charge is 0.255 e. The Morgan fingerprint density at radius 2 is 2.06 bits per heavy atom. The maximum atomic E-state index is 12.3. The van der Waals surface area contributed by atoms with Crippen molar-refractivity contribution in [2.75, 3.05) is 19.7 Å². The van der Waals surface area contributed by atoms with Gasteiger partial charge >= 0.3 is 0 Å². The molecule has 18 heavy (non-hydrogen) atoms. The van der Waals surface area contributed by atoms with Crippen molar-refractivity contribution in [2.45, 2.75) is 25.9 Å². The third-order valence-electron chi connectivity index (χ3n) is 3.24. The molecule has 0 unspecified atom stereocenters. The van der Waals surface area contributed by atoms with Crippen LogP contribution in [0.3, 0.4) is 0 Å². The molecule has 0 spiro atoms. The molecular weight excluding hydrogens is 250 g/mol. The van der Waals surface area contributed by atoms with Gasteiger partial charge < -0.3 is 9.64 Å². The van der Waals surface area contributed by atoms with Crippen molar-refractivity contribution < 1.29 is 9.53 Å². The van der Waals surface area contributed by atoms with E-state index in [4.69, 9.17) is 16.3 Å². The van der Waals surface area contributed by atoms with Crippen LogP contribution < -0.4 is 0 Å². The van der Waals surface area contributed by atoms with Gasteiger partial charge in [0.1, 0.15) is 0 Å². The first-order valence-electron chi connectivity index (χ1n) is 6.37. The van der Waals surface area contributed by atoms with E-state index in [-0.39, 0.29) is 5.91 Å². The first-order chi connectivity index (χ1) is 8.72. The Bertz CT molecular complexity index is 414. The molecule has 1 heterocycles. The first-order valence-corrected chi connectivity index (χ1v) is 6.75. The number of hydrogen-bond acceptors (Lipinski definition) is 2. The highest BCUT2D eigenvalue weighted by atomic mass is 35.5. The van der Waals surface area contributed by atoms with Crippen molar-refractivity contribution in [2.24, 2.45) is 0 Å². The molecule has 1 aromatic carbocycles. The predicted molar refractivity (Wildman–Crippen MR) is 72.0 cm³/mol. The molecule has 0 radical (unpaired) electrons. The van der Waals surface area contributed by atoms with Crippen LogP contribution in [-0.2, 0) is 4.74 Å². The molecule has 0 atom stereocenters. The van der Waals surface area contributed by atoms with E-state index >= 15 is 0 Å². The van der Waals surface area contributed by atoms with Crippen molar-refractivity contribution in [1.82, 2.24) is 4.90 Å². The lowest BCUT2D eigenvalue weighted by Crippen LogP contribution is -2.41. The van der Waals surface area contributed by atoms with Crippen molar-refractivity contribution in [3.8, 4) is 0 Å². The number of rotatable bonds is 3. The second kappa shape index (κ2) is 6.21. The maximum absolute atomic E-state index is 12.3. The topological polar surface area (TPSA) is 29.5 Å². The summed E-state index contributed by atoms with van der Waals surface area (Å²) in [6.45, 7) is 4.23. The zero-order chi connectivity index (χ0) is 13.0. The average Bonchev–Trinajstić information content (AvgIpc) is 2.40. The molecule has 2 rings (SSSR count). The number of carbonyl (C=O) groups is 1. The summed E-state index contributed by atoms with van der Waals surface area (Å²) in [4.78, 5) is 14.1. The molecule has 1 fully saturated rings. The second-order valence-electron chi connectivity index (χ2n) is 4.43. The van der Waals surface area contributed by atoms with Gasteiger partial charge in [-0.15, -0.1) is 0 Å². The van der Waals surface area contributed by atoms with Crippen LogP contribution in [0.4, 0.5) is 0 Å². The van der Waals surface area contributed by atoms with Crippen LogP contribution in [0.2, 0.25) is 5.02 Å². The number of hydrogen-bond donors (Lipinski definition) is 0. The highest BCUT2D eigenvalue weighted by Crippen LogP contribution is 2.20. The molecule has 98 valence electrons. The highest BCUT2D eigenvalue weighted by molar-refractivity contribution is 6.33. The van der Waals surface area contributed by atoms with Gasteiger partial charge in [-0.3, -0.25) is 4.79 Å². The van der Waals surface area contributed by atoms with Crippen molar-refractivity contribution in [1.29, 1.82) is 0 Å². The fraction of sp³-hybridized carbons (Fsp3) is 0.500. The SMILES string of the molecule is CCOC1CCN(C(=O)c2ccccc2Cl)CC1.